The lowest BCUT2D eigenvalue weighted by Gasteiger charge is -2.32. The van der Waals surface area contributed by atoms with E-state index < -0.39 is 41.5 Å². The van der Waals surface area contributed by atoms with Gasteiger partial charge in [-0.3, -0.25) is 4.79 Å². The first-order valence-corrected chi connectivity index (χ1v) is 13.1. The van der Waals surface area contributed by atoms with Gasteiger partial charge < -0.3 is 24.5 Å². The molecule has 0 spiro atoms. The summed E-state index contributed by atoms with van der Waals surface area (Å²) in [6.07, 6.45) is 1.82. The number of alkyl halides is 2. The number of fused-ring (bicyclic) bond motifs is 2. The Balaban J connectivity index is 1.63. The Kier molecular flexibility index (Phi) is 6.24. The molecule has 2 aliphatic rings. The number of nitrogens with one attached hydrogen (secondary N) is 1. The van der Waals surface area contributed by atoms with E-state index in [9.17, 15) is 19.5 Å². The summed E-state index contributed by atoms with van der Waals surface area (Å²) in [7, 11) is 1.46. The van der Waals surface area contributed by atoms with Crippen molar-refractivity contribution in [2.75, 3.05) is 7.11 Å². The Morgan fingerprint density at radius 1 is 1.24 bits per heavy atom. The molecule has 1 aromatic carbocycles. The van der Waals surface area contributed by atoms with Crippen molar-refractivity contribution in [3.8, 4) is 16.2 Å². The minimum Gasteiger partial charge on any atom is -0.494 e. The Labute approximate surface area is 221 Å². The van der Waals surface area contributed by atoms with Crippen LogP contribution < -0.4 is 15.5 Å². The van der Waals surface area contributed by atoms with E-state index in [-0.39, 0.29) is 23.4 Å². The molecule has 202 valence electrons. The number of thiophene rings is 1. The Morgan fingerprint density at radius 3 is 2.55 bits per heavy atom. The van der Waals surface area contributed by atoms with Crippen LogP contribution in [0.4, 0.5) is 13.6 Å². The molecule has 3 aromatic rings. The molecule has 1 saturated carbocycles. The molecule has 2 aliphatic carbocycles. The van der Waals surface area contributed by atoms with Crippen LogP contribution in [-0.2, 0) is 11.2 Å². The summed E-state index contributed by atoms with van der Waals surface area (Å²) in [6, 6.07) is 3.52. The number of hydrogen-bond acceptors (Lipinski definition) is 6. The van der Waals surface area contributed by atoms with E-state index in [1.165, 1.54) is 13.3 Å². The first-order chi connectivity index (χ1) is 17.8. The lowest BCUT2D eigenvalue weighted by Crippen LogP contribution is -2.44. The van der Waals surface area contributed by atoms with Gasteiger partial charge in [-0.1, -0.05) is 0 Å². The number of benzene rings is 1. The van der Waals surface area contributed by atoms with Crippen molar-refractivity contribution in [1.82, 2.24) is 9.88 Å². The number of rotatable bonds is 5. The number of carbonyl (C=O) groups is 2. The number of aromatic nitrogens is 1. The van der Waals surface area contributed by atoms with Gasteiger partial charge >= 0.3 is 12.1 Å². The average Bonchev–Trinajstić information content (AvgIpc) is 3.57. The van der Waals surface area contributed by atoms with Crippen LogP contribution >= 0.6 is 11.3 Å². The lowest BCUT2D eigenvalue weighted by atomic mass is 9.91. The van der Waals surface area contributed by atoms with E-state index in [0.717, 1.165) is 24.2 Å². The Hall–Kier alpha value is -3.47. The van der Waals surface area contributed by atoms with Gasteiger partial charge in [0.2, 0.25) is 5.43 Å². The van der Waals surface area contributed by atoms with E-state index in [1.807, 2.05) is 6.07 Å². The molecular weight excluding hydrogens is 518 g/mol. The summed E-state index contributed by atoms with van der Waals surface area (Å²) in [5.74, 6) is -4.10. The van der Waals surface area contributed by atoms with Crippen LogP contribution in [0, 0.1) is 0 Å². The van der Waals surface area contributed by atoms with Gasteiger partial charge in [0.15, 0.2) is 5.75 Å². The standard InChI is InChI=1S/C27H28F2N2O6S/c1-26(2,3)37-25(35)30-23-22-13(9-10-27(23,28)29)11-18(38-22)15-7-8-16-19(21(15)36-4)31(14-5-6-14)12-17(20(16)32)24(33)34/h7-8,11-12,14,23H,5-6,9-10H2,1-4H3,(H,30,35)(H,33,34). The van der Waals surface area contributed by atoms with Crippen LogP contribution in [-0.4, -0.2) is 40.4 Å². The Morgan fingerprint density at radius 2 is 1.95 bits per heavy atom. The number of methoxy groups -OCH3 is 1. The molecule has 2 N–H and O–H groups in total. The maximum Gasteiger partial charge on any atom is 0.408 e. The molecule has 38 heavy (non-hydrogen) atoms. The van der Waals surface area contributed by atoms with E-state index in [1.54, 1.807) is 37.5 Å². The lowest BCUT2D eigenvalue weighted by molar-refractivity contribution is -0.0531. The molecule has 1 amide bonds. The fraction of sp³-hybridized carbons (Fsp3) is 0.444. The number of carbonyl (C=O) groups excluding carboxylic acids is 1. The topological polar surface area (TPSA) is 107 Å². The van der Waals surface area contributed by atoms with Crippen LogP contribution in [0.5, 0.6) is 5.75 Å². The van der Waals surface area contributed by atoms with Crippen LogP contribution in [0.2, 0.25) is 0 Å². The van der Waals surface area contributed by atoms with Gasteiger partial charge in [-0.2, -0.15) is 0 Å². The monoisotopic (exact) mass is 546 g/mol. The highest BCUT2D eigenvalue weighted by Crippen LogP contribution is 2.50. The molecule has 0 saturated heterocycles. The number of aryl methyl sites for hydroxylation is 1. The number of ether oxygens (including phenoxy) is 2. The molecule has 0 aliphatic heterocycles. The highest BCUT2D eigenvalue weighted by Gasteiger charge is 2.47. The van der Waals surface area contributed by atoms with E-state index in [4.69, 9.17) is 9.47 Å². The molecule has 8 nitrogen and oxygen atoms in total. The molecule has 0 bridgehead atoms. The number of halogens is 2. The predicted molar refractivity (Wildman–Crippen MR) is 139 cm³/mol. The van der Waals surface area contributed by atoms with Crippen molar-refractivity contribution >= 4 is 34.3 Å². The van der Waals surface area contributed by atoms with Gasteiger partial charge in [0.1, 0.15) is 17.2 Å². The number of nitrogens with zero attached hydrogens (tertiary/aromatic N) is 1. The highest BCUT2D eigenvalue weighted by atomic mass is 32.1. The number of carboxylic acid groups (broad SMARTS) is 1. The van der Waals surface area contributed by atoms with Crippen molar-refractivity contribution in [2.24, 2.45) is 0 Å². The average molecular weight is 547 g/mol. The second kappa shape index (κ2) is 9.07. The number of carboxylic acids is 1. The SMILES string of the molecule is COc1c(-c2cc3c(s2)C(NC(=O)OC(C)(C)C)C(F)(F)CC3)ccc2c(=O)c(C(=O)O)cn(C3CC3)c12. The number of aromatic carboxylic acids is 1. The zero-order valence-corrected chi connectivity index (χ0v) is 22.2. The minimum atomic E-state index is -3.17. The van der Waals surface area contributed by atoms with Crippen molar-refractivity contribution in [3.63, 3.8) is 0 Å². The summed E-state index contributed by atoms with van der Waals surface area (Å²) < 4.78 is 42.8. The van der Waals surface area contributed by atoms with Crippen LogP contribution in [0.3, 0.4) is 0 Å². The first-order valence-electron chi connectivity index (χ1n) is 12.3. The molecule has 1 unspecified atom stereocenters. The van der Waals surface area contributed by atoms with Crippen LogP contribution in [0.1, 0.15) is 72.9 Å². The minimum absolute atomic E-state index is 0.0398. The predicted octanol–water partition coefficient (Wildman–Crippen LogP) is 5.92. The molecule has 2 heterocycles. The number of hydrogen-bond donors (Lipinski definition) is 2. The van der Waals surface area contributed by atoms with Crippen molar-refractivity contribution in [1.29, 1.82) is 0 Å². The fourth-order valence-corrected chi connectivity index (χ4v) is 6.21. The van der Waals surface area contributed by atoms with Gasteiger partial charge in [-0.05, 0) is 63.8 Å². The maximum absolute atomic E-state index is 15.0. The normalized spacial score (nSPS) is 18.6. The van der Waals surface area contributed by atoms with Crippen molar-refractivity contribution < 1.29 is 33.0 Å². The highest BCUT2D eigenvalue weighted by molar-refractivity contribution is 7.15. The summed E-state index contributed by atoms with van der Waals surface area (Å²) in [5, 5.41) is 12.1. The molecule has 2 aromatic heterocycles. The number of pyridine rings is 1. The second-order valence-corrected chi connectivity index (χ2v) is 11.8. The zero-order valence-electron chi connectivity index (χ0n) is 21.4. The van der Waals surface area contributed by atoms with E-state index >= 15 is 8.78 Å². The largest absolute Gasteiger partial charge is 0.494 e. The third kappa shape index (κ3) is 4.63. The van der Waals surface area contributed by atoms with E-state index in [2.05, 4.69) is 5.32 Å². The van der Waals surface area contributed by atoms with Crippen LogP contribution in [0.15, 0.2) is 29.2 Å². The first kappa shape index (κ1) is 26.1. The van der Waals surface area contributed by atoms with Gasteiger partial charge in [0.25, 0.3) is 5.92 Å². The smallest absolute Gasteiger partial charge is 0.408 e. The molecule has 5 rings (SSSR count). The second-order valence-electron chi connectivity index (χ2n) is 10.7. The van der Waals surface area contributed by atoms with Gasteiger partial charge in [-0.25, -0.2) is 18.4 Å². The third-order valence-electron chi connectivity index (χ3n) is 6.70. The summed E-state index contributed by atoms with van der Waals surface area (Å²) in [5.41, 5.74) is -0.00315. The summed E-state index contributed by atoms with van der Waals surface area (Å²) in [6.45, 7) is 4.98. The Bertz CT molecular complexity index is 1520. The fourth-order valence-electron chi connectivity index (χ4n) is 4.86. The van der Waals surface area contributed by atoms with Crippen molar-refractivity contribution in [3.05, 3.63) is 50.6 Å². The van der Waals surface area contributed by atoms with Gasteiger partial charge in [-0.15, -0.1) is 11.3 Å². The van der Waals surface area contributed by atoms with Gasteiger partial charge in [0, 0.05) is 34.0 Å². The van der Waals surface area contributed by atoms with Crippen molar-refractivity contribution in [2.45, 2.75) is 70.1 Å². The zero-order chi connectivity index (χ0) is 27.6. The molecule has 0 radical (unpaired) electrons. The van der Waals surface area contributed by atoms with Gasteiger partial charge in [0.05, 0.1) is 18.0 Å². The third-order valence-corrected chi connectivity index (χ3v) is 7.98. The summed E-state index contributed by atoms with van der Waals surface area (Å²) >= 11 is 1.13. The molecule has 1 atom stereocenters. The van der Waals surface area contributed by atoms with Crippen LogP contribution in [0.25, 0.3) is 21.3 Å². The molecule has 11 heteroatoms. The quantitative estimate of drug-likeness (QED) is 0.412. The number of amides is 1. The molecular formula is C27H28F2N2O6S. The summed E-state index contributed by atoms with van der Waals surface area (Å²) in [4.78, 5) is 38.1. The van der Waals surface area contributed by atoms with E-state index in [0.29, 0.717) is 32.1 Å². The maximum atomic E-state index is 15.0. The molecule has 1 fully saturated rings. The number of alkyl carbamates (subject to hydrolysis) is 1.